The van der Waals surface area contributed by atoms with Gasteiger partial charge in [-0.1, -0.05) is 50.2 Å². The summed E-state index contributed by atoms with van der Waals surface area (Å²) in [4.78, 5) is 27.2. The van der Waals surface area contributed by atoms with E-state index in [4.69, 9.17) is 0 Å². The molecule has 1 unspecified atom stereocenters. The molecule has 1 aliphatic heterocycles. The van der Waals surface area contributed by atoms with Crippen molar-refractivity contribution in [2.45, 2.75) is 39.3 Å². The second kappa shape index (κ2) is 9.16. The molecule has 6 heteroatoms. The minimum absolute atomic E-state index is 0.000128. The first-order valence-corrected chi connectivity index (χ1v) is 10.7. The highest BCUT2D eigenvalue weighted by atomic mass is 16.2. The number of hydrogen-bond donors (Lipinski definition) is 1. The van der Waals surface area contributed by atoms with Crippen molar-refractivity contribution in [3.8, 4) is 0 Å². The fourth-order valence-corrected chi connectivity index (χ4v) is 3.96. The molecule has 0 saturated carbocycles. The van der Waals surface area contributed by atoms with E-state index in [-0.39, 0.29) is 24.2 Å². The molecular weight excluding hydrogens is 388 g/mol. The van der Waals surface area contributed by atoms with Gasteiger partial charge in [0.2, 0.25) is 11.8 Å². The number of rotatable bonds is 7. The molecule has 1 saturated heterocycles. The van der Waals surface area contributed by atoms with E-state index in [1.54, 1.807) is 11.1 Å². The Morgan fingerprint density at radius 2 is 1.94 bits per heavy atom. The molecule has 0 radical (unpaired) electrons. The zero-order valence-electron chi connectivity index (χ0n) is 18.0. The normalized spacial score (nSPS) is 16.2. The highest BCUT2D eigenvalue weighted by Crippen LogP contribution is 2.28. The van der Waals surface area contributed by atoms with E-state index in [2.05, 4.69) is 30.3 Å². The first-order valence-electron chi connectivity index (χ1n) is 10.7. The SMILES string of the molecule is CC(C)c1cccc(N2CC(C(=O)NCc3ccccc3Cn3cccn3)CC2=O)c1. The summed E-state index contributed by atoms with van der Waals surface area (Å²) in [5.41, 5.74) is 4.22. The number of nitrogens with one attached hydrogen (secondary N) is 1. The van der Waals surface area contributed by atoms with Crippen LogP contribution in [0.25, 0.3) is 0 Å². The Morgan fingerprint density at radius 3 is 2.68 bits per heavy atom. The van der Waals surface area contributed by atoms with Crippen LogP contribution in [0.5, 0.6) is 0 Å². The standard InChI is InChI=1S/C25H28N4O2/c1-18(2)19-9-5-10-23(13-19)29-17-22(14-24(29)30)25(31)26-15-20-7-3-4-8-21(20)16-28-12-6-11-27-28/h3-13,18,22H,14-17H2,1-2H3,(H,26,31). The van der Waals surface area contributed by atoms with Gasteiger partial charge in [-0.25, -0.2) is 0 Å². The molecule has 160 valence electrons. The maximum atomic E-state index is 12.8. The fraction of sp³-hybridized carbons (Fsp3) is 0.320. The van der Waals surface area contributed by atoms with E-state index in [0.717, 1.165) is 16.8 Å². The van der Waals surface area contributed by atoms with Crippen LogP contribution < -0.4 is 10.2 Å². The molecule has 0 aliphatic carbocycles. The molecule has 1 atom stereocenters. The summed E-state index contributed by atoms with van der Waals surface area (Å²) >= 11 is 0. The lowest BCUT2D eigenvalue weighted by Gasteiger charge is -2.18. The minimum Gasteiger partial charge on any atom is -0.352 e. The summed E-state index contributed by atoms with van der Waals surface area (Å²) in [6, 6.07) is 17.9. The molecule has 1 N–H and O–H groups in total. The Balaban J connectivity index is 1.39. The molecule has 1 aliphatic rings. The molecule has 1 aromatic heterocycles. The zero-order valence-corrected chi connectivity index (χ0v) is 18.0. The summed E-state index contributed by atoms with van der Waals surface area (Å²) < 4.78 is 1.86. The van der Waals surface area contributed by atoms with Crippen LogP contribution in [0.4, 0.5) is 5.69 Å². The van der Waals surface area contributed by atoms with Crippen molar-refractivity contribution in [3.05, 3.63) is 83.7 Å². The van der Waals surface area contributed by atoms with E-state index in [9.17, 15) is 9.59 Å². The second-order valence-electron chi connectivity index (χ2n) is 8.35. The Hall–Kier alpha value is -3.41. The average molecular weight is 417 g/mol. The molecule has 3 aromatic rings. The van der Waals surface area contributed by atoms with Crippen molar-refractivity contribution in [2.24, 2.45) is 5.92 Å². The third-order valence-corrected chi connectivity index (χ3v) is 5.81. The van der Waals surface area contributed by atoms with Crippen LogP contribution in [0.3, 0.4) is 0 Å². The van der Waals surface area contributed by atoms with Crippen LogP contribution in [-0.4, -0.2) is 28.1 Å². The third kappa shape index (κ3) is 4.85. The number of carbonyl (C=O) groups excluding carboxylic acids is 2. The van der Waals surface area contributed by atoms with Gasteiger partial charge in [0, 0.05) is 37.6 Å². The average Bonchev–Trinajstić information content (AvgIpc) is 3.42. The summed E-state index contributed by atoms with van der Waals surface area (Å²) in [7, 11) is 0. The van der Waals surface area contributed by atoms with Crippen LogP contribution >= 0.6 is 0 Å². The van der Waals surface area contributed by atoms with Gasteiger partial charge in [0.25, 0.3) is 0 Å². The number of benzene rings is 2. The number of aromatic nitrogens is 2. The Kier molecular flexibility index (Phi) is 6.16. The maximum Gasteiger partial charge on any atom is 0.227 e. The largest absolute Gasteiger partial charge is 0.352 e. The van der Waals surface area contributed by atoms with Crippen molar-refractivity contribution in [1.29, 1.82) is 0 Å². The Morgan fingerprint density at radius 1 is 1.13 bits per heavy atom. The van der Waals surface area contributed by atoms with Crippen molar-refractivity contribution in [2.75, 3.05) is 11.4 Å². The smallest absolute Gasteiger partial charge is 0.227 e. The molecule has 2 amide bonds. The van der Waals surface area contributed by atoms with E-state index in [1.807, 2.05) is 59.4 Å². The molecule has 2 aromatic carbocycles. The highest BCUT2D eigenvalue weighted by molar-refractivity contribution is 6.00. The van der Waals surface area contributed by atoms with Gasteiger partial charge in [0.15, 0.2) is 0 Å². The lowest BCUT2D eigenvalue weighted by molar-refractivity contribution is -0.126. The highest BCUT2D eigenvalue weighted by Gasteiger charge is 2.35. The van der Waals surface area contributed by atoms with E-state index in [1.165, 1.54) is 5.56 Å². The van der Waals surface area contributed by atoms with Gasteiger partial charge in [-0.15, -0.1) is 0 Å². The molecule has 6 nitrogen and oxygen atoms in total. The predicted molar refractivity (Wildman–Crippen MR) is 121 cm³/mol. The Labute approximate surface area is 182 Å². The molecular formula is C25H28N4O2. The minimum atomic E-state index is -0.339. The monoisotopic (exact) mass is 416 g/mol. The molecule has 0 bridgehead atoms. The van der Waals surface area contributed by atoms with Gasteiger partial charge in [0.1, 0.15) is 0 Å². The van der Waals surface area contributed by atoms with Crippen LogP contribution in [0.2, 0.25) is 0 Å². The van der Waals surface area contributed by atoms with Gasteiger partial charge < -0.3 is 10.2 Å². The first-order chi connectivity index (χ1) is 15.0. The summed E-state index contributed by atoms with van der Waals surface area (Å²) in [6.07, 6.45) is 3.92. The summed E-state index contributed by atoms with van der Waals surface area (Å²) in [6.45, 7) is 5.77. The van der Waals surface area contributed by atoms with Crippen LogP contribution in [0, 0.1) is 5.92 Å². The summed E-state index contributed by atoms with van der Waals surface area (Å²) in [5.74, 6) is -0.0306. The van der Waals surface area contributed by atoms with Crippen molar-refractivity contribution in [3.63, 3.8) is 0 Å². The maximum absolute atomic E-state index is 12.8. The first kappa shape index (κ1) is 20.8. The topological polar surface area (TPSA) is 67.2 Å². The van der Waals surface area contributed by atoms with Gasteiger partial charge in [-0.2, -0.15) is 5.10 Å². The zero-order chi connectivity index (χ0) is 21.8. The third-order valence-electron chi connectivity index (χ3n) is 5.81. The van der Waals surface area contributed by atoms with Crippen LogP contribution in [-0.2, 0) is 22.7 Å². The van der Waals surface area contributed by atoms with Gasteiger partial charge in [-0.05, 0) is 40.8 Å². The lowest BCUT2D eigenvalue weighted by Crippen LogP contribution is -2.33. The van der Waals surface area contributed by atoms with Crippen LogP contribution in [0.1, 0.15) is 42.9 Å². The molecule has 1 fully saturated rings. The molecule has 4 rings (SSSR count). The number of hydrogen-bond acceptors (Lipinski definition) is 3. The van der Waals surface area contributed by atoms with Gasteiger partial charge >= 0.3 is 0 Å². The number of amides is 2. The quantitative estimate of drug-likeness (QED) is 0.638. The van der Waals surface area contributed by atoms with Crippen LogP contribution in [0.15, 0.2) is 67.0 Å². The number of anilines is 1. The fourth-order valence-electron chi connectivity index (χ4n) is 3.96. The molecule has 0 spiro atoms. The van der Waals surface area contributed by atoms with Gasteiger partial charge in [-0.3, -0.25) is 14.3 Å². The Bertz CT molecular complexity index is 1060. The van der Waals surface area contributed by atoms with E-state index < -0.39 is 0 Å². The predicted octanol–water partition coefficient (Wildman–Crippen LogP) is 3.72. The number of carbonyl (C=O) groups is 2. The number of nitrogens with zero attached hydrogens (tertiary/aromatic N) is 3. The lowest BCUT2D eigenvalue weighted by atomic mass is 10.0. The van der Waals surface area contributed by atoms with E-state index >= 15 is 0 Å². The second-order valence-corrected chi connectivity index (χ2v) is 8.35. The van der Waals surface area contributed by atoms with Crippen molar-refractivity contribution in [1.82, 2.24) is 15.1 Å². The molecule has 31 heavy (non-hydrogen) atoms. The van der Waals surface area contributed by atoms with Gasteiger partial charge in [0.05, 0.1) is 12.5 Å². The molecule has 2 heterocycles. The van der Waals surface area contributed by atoms with Crippen molar-refractivity contribution < 1.29 is 9.59 Å². The van der Waals surface area contributed by atoms with Crippen molar-refractivity contribution >= 4 is 17.5 Å². The van der Waals surface area contributed by atoms with E-state index in [0.29, 0.717) is 25.6 Å². The summed E-state index contributed by atoms with van der Waals surface area (Å²) in [5, 5.41) is 7.30.